The Hall–Kier alpha value is -0.840. The molecule has 196 valence electrons. The van der Waals surface area contributed by atoms with Gasteiger partial charge >= 0.3 is 0 Å². The van der Waals surface area contributed by atoms with E-state index >= 15 is 0 Å². The molecule has 3 rings (SSSR count). The SMILES string of the molecule is C=C1CC[C@H]2[C@@](C)(CO[C@@H]3O[C@H](CO)[C@@H](O)[C@H](O)[C@H]3O)[C@H](O)CC[C@@]2(C)[C@@H]1CC/C(C)=C/CO. The number of hydrogen-bond donors (Lipinski definition) is 6. The van der Waals surface area contributed by atoms with Crippen molar-refractivity contribution in [2.24, 2.45) is 22.7 Å². The number of hydrogen-bond acceptors (Lipinski definition) is 8. The monoisotopic (exact) mass is 484 g/mol. The number of allylic oxidation sites excluding steroid dienone is 2. The third-order valence-corrected chi connectivity index (χ3v) is 9.03. The lowest BCUT2D eigenvalue weighted by Crippen LogP contribution is -2.61. The standard InChI is InChI=1S/C26H44O8/c1-15(10-12-27)5-7-17-16(2)6-8-19-25(17,3)11-9-20(29)26(19,4)14-33-24-23(32)22(31)21(30)18(13-28)34-24/h10,17-24,27-32H,2,5-9,11-14H2,1,3-4H3/b15-10+/t17-,18-,19-,20-,21-,22+,23-,24-,25+,26-/m1/s1. The van der Waals surface area contributed by atoms with Crippen molar-refractivity contribution in [2.75, 3.05) is 19.8 Å². The fourth-order valence-electron chi connectivity index (χ4n) is 6.81. The summed E-state index contributed by atoms with van der Waals surface area (Å²) in [6.07, 6.45) is -0.335. The Morgan fingerprint density at radius 1 is 1.12 bits per heavy atom. The summed E-state index contributed by atoms with van der Waals surface area (Å²) in [7, 11) is 0. The Morgan fingerprint density at radius 2 is 1.82 bits per heavy atom. The number of rotatable bonds is 8. The van der Waals surface area contributed by atoms with Crippen molar-refractivity contribution in [1.29, 1.82) is 0 Å². The van der Waals surface area contributed by atoms with E-state index in [4.69, 9.17) is 9.47 Å². The maximum absolute atomic E-state index is 11.1. The highest BCUT2D eigenvalue weighted by Gasteiger charge is 2.58. The van der Waals surface area contributed by atoms with Crippen LogP contribution in [0.2, 0.25) is 0 Å². The summed E-state index contributed by atoms with van der Waals surface area (Å²) in [6, 6.07) is 0. The predicted octanol–water partition coefficient (Wildman–Crippen LogP) is 1.27. The quantitative estimate of drug-likeness (QED) is 0.283. The molecule has 3 fully saturated rings. The van der Waals surface area contributed by atoms with Gasteiger partial charge in [0.2, 0.25) is 0 Å². The minimum absolute atomic E-state index is 0.0386. The zero-order valence-corrected chi connectivity index (χ0v) is 20.8. The fourth-order valence-corrected chi connectivity index (χ4v) is 6.81. The minimum atomic E-state index is -1.50. The normalized spacial score (nSPS) is 45.8. The van der Waals surface area contributed by atoms with E-state index in [0.717, 1.165) is 37.7 Å². The molecule has 3 aliphatic rings. The lowest BCUT2D eigenvalue weighted by atomic mass is 9.46. The molecular weight excluding hydrogens is 440 g/mol. The summed E-state index contributed by atoms with van der Waals surface area (Å²) in [6.45, 7) is 10.4. The van der Waals surface area contributed by atoms with Crippen LogP contribution < -0.4 is 0 Å². The van der Waals surface area contributed by atoms with E-state index in [2.05, 4.69) is 13.5 Å². The summed E-state index contributed by atoms with van der Waals surface area (Å²) in [5.41, 5.74) is 1.71. The first-order valence-electron chi connectivity index (χ1n) is 12.5. The molecule has 1 saturated heterocycles. The van der Waals surface area contributed by atoms with Crippen molar-refractivity contribution in [3.63, 3.8) is 0 Å². The van der Waals surface area contributed by atoms with Crippen molar-refractivity contribution >= 4 is 0 Å². The van der Waals surface area contributed by atoms with E-state index in [1.807, 2.05) is 19.9 Å². The molecule has 1 heterocycles. The zero-order valence-electron chi connectivity index (χ0n) is 20.8. The second-order valence-electron chi connectivity index (χ2n) is 11.1. The van der Waals surface area contributed by atoms with Gasteiger partial charge in [-0.3, -0.25) is 0 Å². The topological polar surface area (TPSA) is 140 Å². The molecule has 0 spiro atoms. The summed E-state index contributed by atoms with van der Waals surface area (Å²) in [4.78, 5) is 0. The molecular formula is C26H44O8. The smallest absolute Gasteiger partial charge is 0.186 e. The second kappa shape index (κ2) is 11.0. The molecule has 0 aromatic rings. The molecule has 0 unspecified atom stereocenters. The number of fused-ring (bicyclic) bond motifs is 1. The van der Waals surface area contributed by atoms with Gasteiger partial charge in [-0.2, -0.15) is 0 Å². The van der Waals surface area contributed by atoms with Gasteiger partial charge in [-0.1, -0.05) is 37.6 Å². The lowest BCUT2D eigenvalue weighted by Gasteiger charge is -2.60. The van der Waals surface area contributed by atoms with Gasteiger partial charge in [-0.15, -0.1) is 0 Å². The van der Waals surface area contributed by atoms with Crippen LogP contribution in [0.5, 0.6) is 0 Å². The van der Waals surface area contributed by atoms with Crippen LogP contribution in [-0.4, -0.2) is 87.3 Å². The third-order valence-electron chi connectivity index (χ3n) is 9.03. The van der Waals surface area contributed by atoms with Crippen LogP contribution in [0.25, 0.3) is 0 Å². The van der Waals surface area contributed by atoms with Crippen LogP contribution in [0, 0.1) is 22.7 Å². The van der Waals surface area contributed by atoms with Crippen LogP contribution >= 0.6 is 0 Å². The van der Waals surface area contributed by atoms with Gasteiger partial charge in [-0.25, -0.2) is 0 Å². The molecule has 2 aliphatic carbocycles. The summed E-state index contributed by atoms with van der Waals surface area (Å²) in [5, 5.41) is 60.3. The highest BCUT2D eigenvalue weighted by molar-refractivity contribution is 5.18. The van der Waals surface area contributed by atoms with Gasteiger partial charge in [0.15, 0.2) is 6.29 Å². The van der Waals surface area contributed by atoms with Gasteiger partial charge in [0.05, 0.1) is 25.9 Å². The van der Waals surface area contributed by atoms with Crippen molar-refractivity contribution < 1.29 is 40.1 Å². The lowest BCUT2D eigenvalue weighted by molar-refractivity contribution is -0.313. The van der Waals surface area contributed by atoms with Gasteiger partial charge in [0, 0.05) is 5.41 Å². The largest absolute Gasteiger partial charge is 0.394 e. The zero-order chi connectivity index (χ0) is 25.3. The van der Waals surface area contributed by atoms with Crippen LogP contribution in [-0.2, 0) is 9.47 Å². The van der Waals surface area contributed by atoms with E-state index in [-0.39, 0.29) is 30.5 Å². The first kappa shape index (κ1) is 27.7. The van der Waals surface area contributed by atoms with Crippen LogP contribution in [0.4, 0.5) is 0 Å². The van der Waals surface area contributed by atoms with Gasteiger partial charge < -0.3 is 40.1 Å². The van der Waals surface area contributed by atoms with Crippen LogP contribution in [0.3, 0.4) is 0 Å². The highest BCUT2D eigenvalue weighted by atomic mass is 16.7. The maximum Gasteiger partial charge on any atom is 0.186 e. The van der Waals surface area contributed by atoms with Crippen molar-refractivity contribution in [3.05, 3.63) is 23.8 Å². The summed E-state index contributed by atoms with van der Waals surface area (Å²) < 4.78 is 11.5. The first-order valence-corrected chi connectivity index (χ1v) is 12.5. The molecule has 8 heteroatoms. The second-order valence-corrected chi connectivity index (χ2v) is 11.1. The Morgan fingerprint density at radius 3 is 2.47 bits per heavy atom. The molecule has 6 N–H and O–H groups in total. The molecule has 0 radical (unpaired) electrons. The van der Waals surface area contributed by atoms with Crippen LogP contribution in [0.1, 0.15) is 59.3 Å². The highest BCUT2D eigenvalue weighted by Crippen LogP contribution is 2.62. The van der Waals surface area contributed by atoms with Crippen molar-refractivity contribution in [1.82, 2.24) is 0 Å². The Bertz CT molecular complexity index is 738. The average Bonchev–Trinajstić information content (AvgIpc) is 2.79. The molecule has 10 atom stereocenters. The number of aliphatic hydroxyl groups excluding tert-OH is 6. The summed E-state index contributed by atoms with van der Waals surface area (Å²) >= 11 is 0. The van der Waals surface area contributed by atoms with E-state index < -0.39 is 48.8 Å². The molecule has 0 aromatic carbocycles. The molecule has 0 aromatic heterocycles. The number of ether oxygens (including phenoxy) is 2. The molecule has 0 amide bonds. The minimum Gasteiger partial charge on any atom is -0.394 e. The third kappa shape index (κ3) is 5.15. The van der Waals surface area contributed by atoms with Crippen molar-refractivity contribution in [3.8, 4) is 0 Å². The van der Waals surface area contributed by atoms with Crippen LogP contribution in [0.15, 0.2) is 23.8 Å². The maximum atomic E-state index is 11.1. The first-order chi connectivity index (χ1) is 16.0. The van der Waals surface area contributed by atoms with E-state index in [1.54, 1.807) is 0 Å². The van der Waals surface area contributed by atoms with Gasteiger partial charge in [0.1, 0.15) is 24.4 Å². The Labute approximate surface area is 202 Å². The van der Waals surface area contributed by atoms with Gasteiger partial charge in [-0.05, 0) is 62.7 Å². The molecule has 0 bridgehead atoms. The molecule has 1 aliphatic heterocycles. The van der Waals surface area contributed by atoms with E-state index in [9.17, 15) is 30.6 Å². The van der Waals surface area contributed by atoms with E-state index in [1.165, 1.54) is 5.57 Å². The fraction of sp³-hybridized carbons (Fsp3) is 0.846. The number of aliphatic hydroxyl groups is 6. The van der Waals surface area contributed by atoms with Crippen molar-refractivity contribution in [2.45, 2.75) is 96.1 Å². The Balaban J connectivity index is 1.78. The molecule has 8 nitrogen and oxygen atoms in total. The van der Waals surface area contributed by atoms with E-state index in [0.29, 0.717) is 6.42 Å². The summed E-state index contributed by atoms with van der Waals surface area (Å²) in [5.74, 6) is 0.429. The predicted molar refractivity (Wildman–Crippen MR) is 127 cm³/mol. The average molecular weight is 485 g/mol. The van der Waals surface area contributed by atoms with Gasteiger partial charge in [0.25, 0.3) is 0 Å². The Kier molecular flexibility index (Phi) is 9.02. The molecule has 2 saturated carbocycles. The molecule has 34 heavy (non-hydrogen) atoms.